The highest BCUT2D eigenvalue weighted by atomic mass is 16.5. The van der Waals surface area contributed by atoms with E-state index in [9.17, 15) is 14.4 Å². The van der Waals surface area contributed by atoms with Crippen LogP contribution in [-0.4, -0.2) is 51.3 Å². The largest absolute Gasteiger partial charge is 0.497 e. The van der Waals surface area contributed by atoms with Gasteiger partial charge in [-0.15, -0.1) is 5.10 Å². The Morgan fingerprint density at radius 3 is 2.60 bits per heavy atom. The Morgan fingerprint density at radius 2 is 1.96 bits per heavy atom. The number of likely N-dealkylation sites (N-methyl/N-ethyl adjacent to an activating group) is 1. The van der Waals surface area contributed by atoms with E-state index in [1.165, 1.54) is 4.57 Å². The molecule has 0 unspecified atom stereocenters. The minimum Gasteiger partial charge on any atom is -0.497 e. The molecule has 3 rings (SSSR count). The van der Waals surface area contributed by atoms with Gasteiger partial charge in [0.25, 0.3) is 5.91 Å². The Labute approximate surface area is 143 Å². The molecule has 1 aliphatic heterocycles. The molecule has 0 saturated carbocycles. The maximum atomic E-state index is 12.3. The first kappa shape index (κ1) is 16.7. The number of fused-ring (bicyclic) bond motifs is 1. The topological polar surface area (TPSA) is 98.5 Å². The van der Waals surface area contributed by atoms with E-state index in [-0.39, 0.29) is 18.3 Å². The highest BCUT2D eigenvalue weighted by molar-refractivity contribution is 5.92. The second-order valence-corrected chi connectivity index (χ2v) is 5.58. The van der Waals surface area contributed by atoms with E-state index in [2.05, 4.69) is 10.4 Å². The zero-order valence-electron chi connectivity index (χ0n) is 14.1. The summed E-state index contributed by atoms with van der Waals surface area (Å²) < 4.78 is 7.39. The van der Waals surface area contributed by atoms with E-state index < -0.39 is 11.6 Å². The summed E-state index contributed by atoms with van der Waals surface area (Å²) in [7, 11) is 1.56. The number of ether oxygens (including phenoxy) is 1. The molecule has 2 amide bonds. The van der Waals surface area contributed by atoms with Crippen LogP contribution in [0.5, 0.6) is 5.75 Å². The molecule has 132 valence electrons. The predicted molar refractivity (Wildman–Crippen MR) is 89.7 cm³/mol. The average Bonchev–Trinajstić information content (AvgIpc) is 2.93. The van der Waals surface area contributed by atoms with Crippen LogP contribution in [0.3, 0.4) is 0 Å². The minimum absolute atomic E-state index is 0.0790. The molecule has 1 aromatic heterocycles. The SMILES string of the molecule is CCN1CCn2c(nn(CC(=O)Nc3ccc(OC)cc3)c2=O)C1=O. The fraction of sp³-hybridized carbons (Fsp3) is 0.375. The molecule has 0 radical (unpaired) electrons. The van der Waals surface area contributed by atoms with Gasteiger partial charge in [0.15, 0.2) is 0 Å². The highest BCUT2D eigenvalue weighted by Crippen LogP contribution is 2.15. The smallest absolute Gasteiger partial charge is 0.346 e. The van der Waals surface area contributed by atoms with Crippen molar-refractivity contribution in [1.29, 1.82) is 0 Å². The number of amides is 2. The van der Waals surface area contributed by atoms with Gasteiger partial charge in [0.05, 0.1) is 7.11 Å². The average molecular weight is 345 g/mol. The number of methoxy groups -OCH3 is 1. The number of aromatic nitrogens is 3. The van der Waals surface area contributed by atoms with Gasteiger partial charge in [0.2, 0.25) is 11.7 Å². The molecule has 1 N–H and O–H groups in total. The number of rotatable bonds is 5. The van der Waals surface area contributed by atoms with Crippen molar-refractivity contribution in [3.05, 3.63) is 40.6 Å². The molecule has 1 aromatic carbocycles. The van der Waals surface area contributed by atoms with Crippen molar-refractivity contribution in [2.24, 2.45) is 0 Å². The maximum absolute atomic E-state index is 12.3. The van der Waals surface area contributed by atoms with Crippen molar-refractivity contribution in [3.63, 3.8) is 0 Å². The first-order valence-corrected chi connectivity index (χ1v) is 7.94. The van der Waals surface area contributed by atoms with Crippen molar-refractivity contribution in [2.75, 3.05) is 25.5 Å². The van der Waals surface area contributed by atoms with Gasteiger partial charge in [-0.25, -0.2) is 9.48 Å². The Morgan fingerprint density at radius 1 is 1.24 bits per heavy atom. The number of hydrogen-bond donors (Lipinski definition) is 1. The number of benzene rings is 1. The second-order valence-electron chi connectivity index (χ2n) is 5.58. The quantitative estimate of drug-likeness (QED) is 0.833. The molecule has 0 saturated heterocycles. The number of anilines is 1. The van der Waals surface area contributed by atoms with Crippen molar-refractivity contribution in [3.8, 4) is 5.75 Å². The molecule has 9 heteroatoms. The summed E-state index contributed by atoms with van der Waals surface area (Å²) in [5.41, 5.74) is 0.125. The van der Waals surface area contributed by atoms with Gasteiger partial charge < -0.3 is 15.0 Å². The molecule has 2 aromatic rings. The number of hydrogen-bond acceptors (Lipinski definition) is 5. The van der Waals surface area contributed by atoms with Gasteiger partial charge >= 0.3 is 5.69 Å². The summed E-state index contributed by atoms with van der Waals surface area (Å²) in [6, 6.07) is 6.82. The van der Waals surface area contributed by atoms with Crippen molar-refractivity contribution in [1.82, 2.24) is 19.2 Å². The van der Waals surface area contributed by atoms with Crippen LogP contribution in [0.2, 0.25) is 0 Å². The van der Waals surface area contributed by atoms with Crippen LogP contribution < -0.4 is 15.7 Å². The normalized spacial score (nSPS) is 13.5. The Hall–Kier alpha value is -3.10. The molecule has 2 heterocycles. The van der Waals surface area contributed by atoms with Crippen LogP contribution in [0.1, 0.15) is 17.5 Å². The Kier molecular flexibility index (Phi) is 4.55. The molecular formula is C16H19N5O4. The van der Waals surface area contributed by atoms with E-state index in [1.807, 2.05) is 6.92 Å². The van der Waals surface area contributed by atoms with Gasteiger partial charge in [-0.05, 0) is 31.2 Å². The predicted octanol–water partition coefficient (Wildman–Crippen LogP) is 0.168. The van der Waals surface area contributed by atoms with Crippen LogP contribution in [-0.2, 0) is 17.9 Å². The summed E-state index contributed by atoms with van der Waals surface area (Å²) in [6.07, 6.45) is 0. The van der Waals surface area contributed by atoms with E-state index in [1.54, 1.807) is 36.3 Å². The molecule has 0 spiro atoms. The van der Waals surface area contributed by atoms with Crippen LogP contribution >= 0.6 is 0 Å². The number of nitrogens with zero attached hydrogens (tertiary/aromatic N) is 4. The van der Waals surface area contributed by atoms with Crippen LogP contribution in [0.25, 0.3) is 0 Å². The fourth-order valence-electron chi connectivity index (χ4n) is 2.68. The lowest BCUT2D eigenvalue weighted by molar-refractivity contribution is -0.117. The van der Waals surface area contributed by atoms with Gasteiger partial charge in [0, 0.05) is 25.3 Å². The van der Waals surface area contributed by atoms with Crippen LogP contribution in [0, 0.1) is 0 Å². The monoisotopic (exact) mass is 345 g/mol. The summed E-state index contributed by atoms with van der Waals surface area (Å²) in [5.74, 6) is 0.0630. The molecule has 0 atom stereocenters. The van der Waals surface area contributed by atoms with Crippen LogP contribution in [0.4, 0.5) is 5.69 Å². The lowest BCUT2D eigenvalue weighted by Gasteiger charge is -2.24. The van der Waals surface area contributed by atoms with Crippen LogP contribution in [0.15, 0.2) is 29.1 Å². The zero-order chi connectivity index (χ0) is 18.0. The number of carbonyl (C=O) groups is 2. The van der Waals surface area contributed by atoms with E-state index in [4.69, 9.17) is 4.74 Å². The molecule has 1 aliphatic rings. The van der Waals surface area contributed by atoms with Gasteiger partial charge in [-0.2, -0.15) is 0 Å². The van der Waals surface area contributed by atoms with E-state index in [0.717, 1.165) is 4.68 Å². The Bertz CT molecular complexity index is 852. The fourth-order valence-corrected chi connectivity index (χ4v) is 2.68. The van der Waals surface area contributed by atoms with Gasteiger partial charge in [-0.1, -0.05) is 0 Å². The number of nitrogens with one attached hydrogen (secondary N) is 1. The first-order valence-electron chi connectivity index (χ1n) is 7.94. The summed E-state index contributed by atoms with van der Waals surface area (Å²) in [4.78, 5) is 38.3. The lowest BCUT2D eigenvalue weighted by atomic mass is 10.3. The van der Waals surface area contributed by atoms with Crippen molar-refractivity contribution >= 4 is 17.5 Å². The van der Waals surface area contributed by atoms with E-state index in [0.29, 0.717) is 31.1 Å². The minimum atomic E-state index is -0.455. The maximum Gasteiger partial charge on any atom is 0.346 e. The van der Waals surface area contributed by atoms with Gasteiger partial charge in [-0.3, -0.25) is 14.2 Å². The van der Waals surface area contributed by atoms with E-state index >= 15 is 0 Å². The standard InChI is InChI=1S/C16H19N5O4/c1-3-19-8-9-20-14(15(19)23)18-21(16(20)24)10-13(22)17-11-4-6-12(25-2)7-5-11/h4-7H,3,8-10H2,1-2H3,(H,17,22). The third-order valence-corrected chi connectivity index (χ3v) is 4.04. The first-order chi connectivity index (χ1) is 12.0. The Balaban J connectivity index is 1.74. The summed E-state index contributed by atoms with van der Waals surface area (Å²) in [5, 5.41) is 6.72. The third-order valence-electron chi connectivity index (χ3n) is 4.04. The molecule has 9 nitrogen and oxygen atoms in total. The lowest BCUT2D eigenvalue weighted by Crippen LogP contribution is -2.42. The van der Waals surface area contributed by atoms with Crippen molar-refractivity contribution < 1.29 is 14.3 Å². The summed E-state index contributed by atoms with van der Waals surface area (Å²) in [6.45, 7) is 3.01. The second kappa shape index (κ2) is 6.80. The van der Waals surface area contributed by atoms with Gasteiger partial charge in [0.1, 0.15) is 12.3 Å². The van der Waals surface area contributed by atoms with Crippen molar-refractivity contribution in [2.45, 2.75) is 20.0 Å². The zero-order valence-corrected chi connectivity index (χ0v) is 14.1. The molecule has 25 heavy (non-hydrogen) atoms. The highest BCUT2D eigenvalue weighted by Gasteiger charge is 2.28. The molecule has 0 fully saturated rings. The molecular weight excluding hydrogens is 326 g/mol. The molecule has 0 aliphatic carbocycles. The number of carbonyl (C=O) groups excluding carboxylic acids is 2. The molecule has 0 bridgehead atoms. The third kappa shape index (κ3) is 3.25. The summed E-state index contributed by atoms with van der Waals surface area (Å²) >= 11 is 0.